The topological polar surface area (TPSA) is 112 Å². The number of aromatic nitrogens is 2. The highest BCUT2D eigenvalue weighted by Crippen LogP contribution is 2.30. The number of alkyl halides is 1. The molecule has 0 aliphatic carbocycles. The van der Waals surface area contributed by atoms with Crippen molar-refractivity contribution in [1.82, 2.24) is 14.3 Å². The van der Waals surface area contributed by atoms with Crippen molar-refractivity contribution < 1.29 is 31.2 Å². The van der Waals surface area contributed by atoms with Crippen LogP contribution in [0.5, 0.6) is 0 Å². The average molecular weight is 543 g/mol. The summed E-state index contributed by atoms with van der Waals surface area (Å²) in [6, 6.07) is 10.4. The Bertz CT molecular complexity index is 1660. The summed E-state index contributed by atoms with van der Waals surface area (Å²) in [7, 11) is -4.32. The number of carbonyl (C=O) groups excluding carboxylic acids is 2. The summed E-state index contributed by atoms with van der Waals surface area (Å²) in [6.07, 6.45) is 2.59. The Kier molecular flexibility index (Phi) is 6.76. The number of pyridine rings is 1. The fourth-order valence-electron chi connectivity index (χ4n) is 4.36. The minimum Gasteiger partial charge on any atom is -0.345 e. The van der Waals surface area contributed by atoms with Gasteiger partial charge in [0.25, 0.3) is 0 Å². The molecule has 0 radical (unpaired) electrons. The Labute approximate surface area is 215 Å². The van der Waals surface area contributed by atoms with Crippen LogP contribution in [0.3, 0.4) is 0 Å². The molecular formula is C26H21F3N4O4S. The molecule has 4 aromatic rings. The van der Waals surface area contributed by atoms with Crippen LogP contribution in [-0.4, -0.2) is 54.0 Å². The summed E-state index contributed by atoms with van der Waals surface area (Å²) in [5, 5.41) is 0.306. The molecule has 1 aliphatic rings. The molecule has 1 unspecified atom stereocenters. The van der Waals surface area contributed by atoms with Crippen molar-refractivity contribution in [3.63, 3.8) is 0 Å². The van der Waals surface area contributed by atoms with Gasteiger partial charge in [0.15, 0.2) is 5.82 Å². The molecule has 0 bridgehead atoms. The Balaban J connectivity index is 1.49. The van der Waals surface area contributed by atoms with Gasteiger partial charge in [0.1, 0.15) is 23.9 Å². The molecule has 1 fully saturated rings. The standard InChI is InChI=1S/C26H21F3N4O4S/c27-18-7-9-33(14-18)38(36,37)32-22-6-5-21(28)23(24(22)29)25(35)20-13-31-26-19(20)11-17(12-30-26)16-3-1-15(2-4-16)8-10-34/h1-6,10-13,18,32H,7-9,14H2,(H,30,31). The lowest BCUT2D eigenvalue weighted by Gasteiger charge is -2.18. The van der Waals surface area contributed by atoms with Crippen molar-refractivity contribution in [3.05, 3.63) is 83.2 Å². The monoisotopic (exact) mass is 542 g/mol. The molecule has 1 aliphatic heterocycles. The maximum Gasteiger partial charge on any atom is 0.301 e. The smallest absolute Gasteiger partial charge is 0.301 e. The predicted molar refractivity (Wildman–Crippen MR) is 135 cm³/mol. The number of rotatable bonds is 8. The van der Waals surface area contributed by atoms with Gasteiger partial charge in [0, 0.05) is 48.4 Å². The first kappa shape index (κ1) is 25.6. The number of hydrogen-bond acceptors (Lipinski definition) is 5. The van der Waals surface area contributed by atoms with E-state index in [-0.39, 0.29) is 31.5 Å². The van der Waals surface area contributed by atoms with Gasteiger partial charge in [-0.25, -0.2) is 18.2 Å². The van der Waals surface area contributed by atoms with Crippen molar-refractivity contribution in [1.29, 1.82) is 0 Å². The van der Waals surface area contributed by atoms with Crippen molar-refractivity contribution in [2.75, 3.05) is 17.8 Å². The molecule has 3 heterocycles. The molecule has 0 saturated carbocycles. The molecule has 2 aromatic heterocycles. The minimum absolute atomic E-state index is 0.00994. The van der Waals surface area contributed by atoms with Crippen molar-refractivity contribution in [3.8, 4) is 11.1 Å². The van der Waals surface area contributed by atoms with Gasteiger partial charge in [0.05, 0.1) is 11.3 Å². The Morgan fingerprint density at radius 2 is 1.92 bits per heavy atom. The maximum atomic E-state index is 15.4. The lowest BCUT2D eigenvalue weighted by molar-refractivity contribution is -0.107. The van der Waals surface area contributed by atoms with E-state index in [4.69, 9.17) is 0 Å². The number of H-pyrrole nitrogens is 1. The normalized spacial score (nSPS) is 16.1. The number of benzene rings is 2. The van der Waals surface area contributed by atoms with Crippen LogP contribution in [0.15, 0.2) is 54.9 Å². The average Bonchev–Trinajstić information content (AvgIpc) is 3.53. The number of fused-ring (bicyclic) bond motifs is 1. The highest BCUT2D eigenvalue weighted by atomic mass is 32.2. The Morgan fingerprint density at radius 3 is 2.61 bits per heavy atom. The van der Waals surface area contributed by atoms with Crippen molar-refractivity contribution in [2.24, 2.45) is 0 Å². The summed E-state index contributed by atoms with van der Waals surface area (Å²) < 4.78 is 71.6. The molecule has 38 heavy (non-hydrogen) atoms. The molecular weight excluding hydrogens is 521 g/mol. The van der Waals surface area contributed by atoms with E-state index < -0.39 is 45.0 Å². The van der Waals surface area contributed by atoms with E-state index >= 15 is 4.39 Å². The van der Waals surface area contributed by atoms with Crippen LogP contribution in [0.4, 0.5) is 18.9 Å². The first-order chi connectivity index (χ1) is 18.2. The largest absolute Gasteiger partial charge is 0.345 e. The zero-order valence-electron chi connectivity index (χ0n) is 19.7. The SMILES string of the molecule is O=CCc1ccc(-c2cnc3[nH]cc(C(=O)c4c(F)ccc(NS(=O)(=O)N5CCC(F)C5)c4F)c3c2)cc1. The van der Waals surface area contributed by atoms with E-state index in [0.717, 1.165) is 33.9 Å². The zero-order valence-corrected chi connectivity index (χ0v) is 20.6. The third kappa shape index (κ3) is 4.79. The highest BCUT2D eigenvalue weighted by Gasteiger charge is 2.33. The third-order valence-corrected chi connectivity index (χ3v) is 7.86. The summed E-state index contributed by atoms with van der Waals surface area (Å²) in [5.41, 5.74) is 0.867. The molecule has 196 valence electrons. The Morgan fingerprint density at radius 1 is 1.16 bits per heavy atom. The highest BCUT2D eigenvalue weighted by molar-refractivity contribution is 7.90. The fourth-order valence-corrected chi connectivity index (χ4v) is 5.63. The number of ketones is 1. The van der Waals surface area contributed by atoms with E-state index in [2.05, 4.69) is 9.97 Å². The third-order valence-electron chi connectivity index (χ3n) is 6.37. The molecule has 2 aromatic carbocycles. The number of hydrogen-bond donors (Lipinski definition) is 2. The lowest BCUT2D eigenvalue weighted by atomic mass is 9.99. The number of aldehydes is 1. The summed E-state index contributed by atoms with van der Waals surface area (Å²) >= 11 is 0. The molecule has 0 amide bonds. The van der Waals surface area contributed by atoms with Crippen molar-refractivity contribution in [2.45, 2.75) is 19.0 Å². The van der Waals surface area contributed by atoms with Crippen LogP contribution in [0.2, 0.25) is 0 Å². The quantitative estimate of drug-likeness (QED) is 0.256. The molecule has 2 N–H and O–H groups in total. The second kappa shape index (κ2) is 10.0. The van der Waals surface area contributed by atoms with Crippen LogP contribution >= 0.6 is 0 Å². The van der Waals surface area contributed by atoms with Crippen LogP contribution in [0.25, 0.3) is 22.2 Å². The summed E-state index contributed by atoms with van der Waals surface area (Å²) in [5.74, 6) is -3.58. The van der Waals surface area contributed by atoms with Gasteiger partial charge in [0.2, 0.25) is 5.78 Å². The molecule has 5 rings (SSSR count). The van der Waals surface area contributed by atoms with Gasteiger partial charge in [-0.05, 0) is 35.7 Å². The number of nitrogens with one attached hydrogen (secondary N) is 2. The van der Waals surface area contributed by atoms with Gasteiger partial charge in [-0.15, -0.1) is 0 Å². The van der Waals surface area contributed by atoms with E-state index in [1.165, 1.54) is 6.20 Å². The van der Waals surface area contributed by atoms with Gasteiger partial charge < -0.3 is 9.78 Å². The molecule has 12 heteroatoms. The number of anilines is 1. The van der Waals surface area contributed by atoms with E-state index in [9.17, 15) is 26.8 Å². The number of nitrogens with zero attached hydrogens (tertiary/aromatic N) is 2. The first-order valence-electron chi connectivity index (χ1n) is 11.6. The van der Waals surface area contributed by atoms with E-state index in [0.29, 0.717) is 16.6 Å². The minimum atomic E-state index is -4.32. The van der Waals surface area contributed by atoms with Crippen LogP contribution in [0, 0.1) is 11.6 Å². The van der Waals surface area contributed by atoms with Gasteiger partial charge >= 0.3 is 10.2 Å². The molecule has 8 nitrogen and oxygen atoms in total. The van der Waals surface area contributed by atoms with E-state index in [1.807, 2.05) is 4.72 Å². The first-order valence-corrected chi connectivity index (χ1v) is 13.1. The number of carbonyl (C=O) groups is 2. The second-order valence-corrected chi connectivity index (χ2v) is 10.5. The van der Waals surface area contributed by atoms with Gasteiger partial charge in [-0.2, -0.15) is 12.7 Å². The predicted octanol–water partition coefficient (Wildman–Crippen LogP) is 4.18. The van der Waals surface area contributed by atoms with Gasteiger partial charge in [-0.1, -0.05) is 24.3 Å². The molecule has 1 atom stereocenters. The van der Waals surface area contributed by atoms with Crippen LogP contribution < -0.4 is 4.72 Å². The maximum absolute atomic E-state index is 15.4. The summed E-state index contributed by atoms with van der Waals surface area (Å²) in [6.45, 7) is -0.468. The molecule has 1 saturated heterocycles. The van der Waals surface area contributed by atoms with Crippen LogP contribution in [-0.2, 0) is 21.4 Å². The summed E-state index contributed by atoms with van der Waals surface area (Å²) in [4.78, 5) is 31.2. The zero-order chi connectivity index (χ0) is 27.0. The van der Waals surface area contributed by atoms with Crippen LogP contribution in [0.1, 0.15) is 27.9 Å². The molecule has 0 spiro atoms. The fraction of sp³-hybridized carbons (Fsp3) is 0.192. The second-order valence-electron chi connectivity index (χ2n) is 8.85. The number of halogens is 3. The Hall–Kier alpha value is -4.03. The van der Waals surface area contributed by atoms with Crippen molar-refractivity contribution >= 4 is 39.0 Å². The lowest BCUT2D eigenvalue weighted by Crippen LogP contribution is -2.34. The van der Waals surface area contributed by atoms with Gasteiger partial charge in [-0.3, -0.25) is 9.52 Å². The number of aromatic amines is 1. The van der Waals surface area contributed by atoms with E-state index in [1.54, 1.807) is 36.5 Å².